The van der Waals surface area contributed by atoms with E-state index in [1.165, 1.54) is 0 Å². The molecule has 0 rings (SSSR count). The molecule has 0 aliphatic rings. The predicted molar refractivity (Wildman–Crippen MR) is 36.2 cm³/mol. The maximum Gasteiger partial charge on any atom is 0.170 e. The summed E-state index contributed by atoms with van der Waals surface area (Å²) < 4.78 is 0. The van der Waals surface area contributed by atoms with Crippen LogP contribution in [0.4, 0.5) is 0 Å². The summed E-state index contributed by atoms with van der Waals surface area (Å²) in [7, 11) is 1.55. The first-order valence-electron chi connectivity index (χ1n) is 2.95. The summed E-state index contributed by atoms with van der Waals surface area (Å²) in [6, 6.07) is 0. The van der Waals surface area contributed by atoms with Crippen molar-refractivity contribution in [1.29, 1.82) is 0 Å². The van der Waals surface area contributed by atoms with Crippen molar-refractivity contribution < 1.29 is 5.11 Å². The zero-order valence-electron chi connectivity index (χ0n) is 6.42. The molecule has 1 atom stereocenters. The molecule has 3 nitrogen and oxygen atoms in total. The molecule has 9 heavy (non-hydrogen) atoms. The summed E-state index contributed by atoms with van der Waals surface area (Å²) in [5, 5.41) is 16.2. The lowest BCUT2D eigenvalue weighted by Gasteiger charge is -2.20. The molecule has 0 spiro atoms. The van der Waals surface area contributed by atoms with Crippen LogP contribution in [0.25, 0.3) is 0 Å². The van der Waals surface area contributed by atoms with Crippen molar-refractivity contribution in [1.82, 2.24) is 0 Å². The quantitative estimate of drug-likeness (QED) is 0.536. The second-order valence-electron chi connectivity index (χ2n) is 3.06. The highest BCUT2D eigenvalue weighted by Crippen LogP contribution is 2.19. The number of aliphatic hydroxyl groups excluding tert-OH is 1. The van der Waals surface area contributed by atoms with E-state index in [1.807, 2.05) is 20.8 Å². The van der Waals surface area contributed by atoms with Crippen molar-refractivity contribution in [2.75, 3.05) is 7.05 Å². The summed E-state index contributed by atoms with van der Waals surface area (Å²) in [5.41, 5.74) is -0.195. The SMILES string of the molecule is C/N=N/C(O)C(C)(C)C. The fraction of sp³-hybridized carbons (Fsp3) is 1.00. The maximum atomic E-state index is 9.13. The Morgan fingerprint density at radius 2 is 1.78 bits per heavy atom. The standard InChI is InChI=1S/C6H14N2O/c1-6(2,3)5(9)8-7-4/h5,9H,1-4H3/b8-7+. The van der Waals surface area contributed by atoms with Gasteiger partial charge < -0.3 is 5.11 Å². The topological polar surface area (TPSA) is 45.0 Å². The van der Waals surface area contributed by atoms with Gasteiger partial charge in [-0.2, -0.15) is 10.2 Å². The molecule has 0 aromatic heterocycles. The third kappa shape index (κ3) is 3.19. The Morgan fingerprint density at radius 3 is 1.89 bits per heavy atom. The van der Waals surface area contributed by atoms with Gasteiger partial charge in [0.2, 0.25) is 0 Å². The van der Waals surface area contributed by atoms with Crippen LogP contribution < -0.4 is 0 Å². The minimum absolute atomic E-state index is 0.195. The Labute approximate surface area is 55.8 Å². The molecule has 0 aromatic carbocycles. The van der Waals surface area contributed by atoms with E-state index < -0.39 is 6.23 Å². The van der Waals surface area contributed by atoms with E-state index in [0.29, 0.717) is 0 Å². The Bertz CT molecular complexity index is 104. The van der Waals surface area contributed by atoms with Crippen LogP contribution in [0, 0.1) is 5.41 Å². The number of rotatable bonds is 1. The molecular formula is C6H14N2O. The monoisotopic (exact) mass is 130 g/mol. The maximum absolute atomic E-state index is 9.13. The molecule has 0 amide bonds. The van der Waals surface area contributed by atoms with Gasteiger partial charge >= 0.3 is 0 Å². The molecule has 0 aliphatic carbocycles. The fourth-order valence-corrected chi connectivity index (χ4v) is 0.283. The van der Waals surface area contributed by atoms with Gasteiger partial charge in [-0.05, 0) is 0 Å². The largest absolute Gasteiger partial charge is 0.370 e. The number of nitrogens with zero attached hydrogens (tertiary/aromatic N) is 2. The van der Waals surface area contributed by atoms with Crippen LogP contribution in [0.15, 0.2) is 10.2 Å². The zero-order chi connectivity index (χ0) is 7.49. The smallest absolute Gasteiger partial charge is 0.170 e. The van der Waals surface area contributed by atoms with Crippen LogP contribution in [-0.4, -0.2) is 18.4 Å². The molecule has 0 aromatic rings. The normalized spacial score (nSPS) is 16.6. The molecule has 1 unspecified atom stereocenters. The van der Waals surface area contributed by atoms with Crippen molar-refractivity contribution in [3.05, 3.63) is 0 Å². The van der Waals surface area contributed by atoms with Gasteiger partial charge in [-0.25, -0.2) is 0 Å². The van der Waals surface area contributed by atoms with Crippen molar-refractivity contribution in [2.45, 2.75) is 27.0 Å². The summed E-state index contributed by atoms with van der Waals surface area (Å²) in [4.78, 5) is 0. The second kappa shape index (κ2) is 2.92. The second-order valence-corrected chi connectivity index (χ2v) is 3.06. The molecule has 0 fully saturated rings. The van der Waals surface area contributed by atoms with Crippen molar-refractivity contribution in [3.8, 4) is 0 Å². The van der Waals surface area contributed by atoms with Crippen molar-refractivity contribution in [2.24, 2.45) is 15.6 Å². The lowest BCUT2D eigenvalue weighted by molar-refractivity contribution is 0.0648. The highest BCUT2D eigenvalue weighted by molar-refractivity contribution is 4.68. The Morgan fingerprint density at radius 1 is 1.33 bits per heavy atom. The van der Waals surface area contributed by atoms with E-state index in [2.05, 4.69) is 10.2 Å². The third-order valence-electron chi connectivity index (χ3n) is 0.999. The fourth-order valence-electron chi connectivity index (χ4n) is 0.283. The highest BCUT2D eigenvalue weighted by Gasteiger charge is 2.20. The number of aliphatic hydroxyl groups is 1. The van der Waals surface area contributed by atoms with E-state index in [0.717, 1.165) is 0 Å². The van der Waals surface area contributed by atoms with Crippen LogP contribution in [0.2, 0.25) is 0 Å². The van der Waals surface area contributed by atoms with Gasteiger partial charge in [0.1, 0.15) is 0 Å². The summed E-state index contributed by atoms with van der Waals surface area (Å²) in [6.45, 7) is 5.73. The minimum atomic E-state index is -0.678. The van der Waals surface area contributed by atoms with E-state index in [4.69, 9.17) is 5.11 Å². The predicted octanol–water partition coefficient (Wildman–Crippen LogP) is 1.43. The number of hydrogen-bond acceptors (Lipinski definition) is 3. The Balaban J connectivity index is 3.88. The first kappa shape index (κ1) is 8.56. The van der Waals surface area contributed by atoms with Gasteiger partial charge in [0.25, 0.3) is 0 Å². The molecule has 3 heteroatoms. The molecule has 0 saturated heterocycles. The van der Waals surface area contributed by atoms with Crippen LogP contribution in [0.1, 0.15) is 20.8 Å². The van der Waals surface area contributed by atoms with Crippen LogP contribution in [0.3, 0.4) is 0 Å². The van der Waals surface area contributed by atoms with Gasteiger partial charge in [0.05, 0.1) is 0 Å². The van der Waals surface area contributed by atoms with Crippen LogP contribution in [-0.2, 0) is 0 Å². The van der Waals surface area contributed by atoms with Gasteiger partial charge in [0, 0.05) is 12.5 Å². The number of hydrogen-bond donors (Lipinski definition) is 1. The molecule has 0 heterocycles. The van der Waals surface area contributed by atoms with E-state index in [-0.39, 0.29) is 5.41 Å². The van der Waals surface area contributed by atoms with Gasteiger partial charge in [0.15, 0.2) is 6.23 Å². The lowest BCUT2D eigenvalue weighted by Crippen LogP contribution is -2.23. The van der Waals surface area contributed by atoms with Gasteiger partial charge in [-0.3, -0.25) is 0 Å². The van der Waals surface area contributed by atoms with Crippen molar-refractivity contribution >= 4 is 0 Å². The Kier molecular flexibility index (Phi) is 2.77. The Hall–Kier alpha value is -0.440. The average Bonchev–Trinajstić information content (AvgIpc) is 1.64. The van der Waals surface area contributed by atoms with Gasteiger partial charge in [-0.15, -0.1) is 0 Å². The molecule has 0 saturated carbocycles. The summed E-state index contributed by atoms with van der Waals surface area (Å²) >= 11 is 0. The number of azo groups is 1. The zero-order valence-corrected chi connectivity index (χ0v) is 6.42. The van der Waals surface area contributed by atoms with Crippen LogP contribution >= 0.6 is 0 Å². The molecule has 0 bridgehead atoms. The molecule has 54 valence electrons. The highest BCUT2D eigenvalue weighted by atomic mass is 16.3. The average molecular weight is 130 g/mol. The van der Waals surface area contributed by atoms with E-state index >= 15 is 0 Å². The molecular weight excluding hydrogens is 116 g/mol. The van der Waals surface area contributed by atoms with E-state index in [9.17, 15) is 0 Å². The lowest BCUT2D eigenvalue weighted by atomic mass is 9.95. The summed E-state index contributed by atoms with van der Waals surface area (Å²) in [5.74, 6) is 0. The van der Waals surface area contributed by atoms with Crippen molar-refractivity contribution in [3.63, 3.8) is 0 Å². The first-order valence-corrected chi connectivity index (χ1v) is 2.95. The van der Waals surface area contributed by atoms with Crippen LogP contribution in [0.5, 0.6) is 0 Å². The van der Waals surface area contributed by atoms with Gasteiger partial charge in [-0.1, -0.05) is 20.8 Å². The molecule has 0 radical (unpaired) electrons. The minimum Gasteiger partial charge on any atom is -0.370 e. The molecule has 1 N–H and O–H groups in total. The summed E-state index contributed by atoms with van der Waals surface area (Å²) in [6.07, 6.45) is -0.678. The van der Waals surface area contributed by atoms with E-state index in [1.54, 1.807) is 7.05 Å². The third-order valence-corrected chi connectivity index (χ3v) is 0.999. The first-order chi connectivity index (χ1) is 3.98. The molecule has 0 aliphatic heterocycles.